The van der Waals surface area contributed by atoms with E-state index in [0.717, 1.165) is 6.20 Å². The van der Waals surface area contributed by atoms with Crippen LogP contribution in [0, 0.1) is 10.1 Å². The van der Waals surface area contributed by atoms with Crippen molar-refractivity contribution in [2.24, 2.45) is 0 Å². The second-order valence-electron chi connectivity index (χ2n) is 3.35. The number of aromatic nitrogens is 1. The molecule has 0 aliphatic rings. The zero-order valence-corrected chi connectivity index (χ0v) is 10.5. The van der Waals surface area contributed by atoms with E-state index in [-0.39, 0.29) is 6.61 Å². The molecule has 1 heterocycles. The summed E-state index contributed by atoms with van der Waals surface area (Å²) in [5.74, 6) is -0.791. The smallest absolute Gasteiger partial charge is 0.312 e. The number of rotatable bonds is 5. The highest BCUT2D eigenvalue weighted by molar-refractivity contribution is 6.31. The van der Waals surface area contributed by atoms with Gasteiger partial charge in [-0.1, -0.05) is 11.6 Å². The van der Waals surface area contributed by atoms with E-state index >= 15 is 0 Å². The summed E-state index contributed by atoms with van der Waals surface area (Å²) in [6, 6.07) is 0. The first-order valence-corrected chi connectivity index (χ1v) is 5.51. The molecule has 0 saturated heterocycles. The maximum absolute atomic E-state index is 12.8. The molecule has 6 nitrogen and oxygen atoms in total. The molecule has 1 aromatic heterocycles. The molecule has 0 fully saturated rings. The van der Waals surface area contributed by atoms with Crippen LogP contribution in [-0.4, -0.2) is 22.5 Å². The number of carbonyl (C=O) groups excluding carboxylic acids is 1. The molecule has 0 atom stereocenters. The number of carbonyl (C=O) groups is 1. The summed E-state index contributed by atoms with van der Waals surface area (Å²) >= 11 is 5.48. The Bertz CT molecular complexity index is 511. The molecule has 104 valence electrons. The van der Waals surface area contributed by atoms with E-state index in [4.69, 9.17) is 11.6 Å². The fourth-order valence-electron chi connectivity index (χ4n) is 1.42. The molecule has 0 aliphatic carbocycles. The second-order valence-corrected chi connectivity index (χ2v) is 3.76. The Balaban J connectivity index is 3.28. The van der Waals surface area contributed by atoms with Crippen LogP contribution in [0.1, 0.15) is 24.6 Å². The standard InChI is InChI=1S/C10H9ClF2N2O4/c1-2-19-7(16)3-6-9(15(17)18)8(10(12)13)5(11)4-14-6/h4,10H,2-3H2,1H3. The molecule has 9 heteroatoms. The highest BCUT2D eigenvalue weighted by Gasteiger charge is 2.31. The lowest BCUT2D eigenvalue weighted by Crippen LogP contribution is -2.12. The molecular weight excluding hydrogens is 286 g/mol. The average molecular weight is 295 g/mol. The molecule has 0 aliphatic heterocycles. The molecule has 0 N–H and O–H groups in total. The van der Waals surface area contributed by atoms with Crippen molar-refractivity contribution in [3.05, 3.63) is 32.6 Å². The first-order chi connectivity index (χ1) is 8.88. The Kier molecular flexibility index (Phi) is 5.11. The van der Waals surface area contributed by atoms with Crippen molar-refractivity contribution in [2.45, 2.75) is 19.8 Å². The lowest BCUT2D eigenvalue weighted by molar-refractivity contribution is -0.387. The highest BCUT2D eigenvalue weighted by Crippen LogP contribution is 2.36. The third-order valence-corrected chi connectivity index (χ3v) is 2.44. The van der Waals surface area contributed by atoms with Gasteiger partial charge in [0.15, 0.2) is 0 Å². The van der Waals surface area contributed by atoms with E-state index in [9.17, 15) is 23.7 Å². The summed E-state index contributed by atoms with van der Waals surface area (Å²) in [4.78, 5) is 24.6. The number of pyridine rings is 1. The molecule has 1 rings (SSSR count). The van der Waals surface area contributed by atoms with Crippen LogP contribution in [0.5, 0.6) is 0 Å². The van der Waals surface area contributed by atoms with Gasteiger partial charge < -0.3 is 4.74 Å². The Morgan fingerprint density at radius 1 is 1.63 bits per heavy atom. The van der Waals surface area contributed by atoms with Gasteiger partial charge in [0.2, 0.25) is 0 Å². The van der Waals surface area contributed by atoms with Gasteiger partial charge in [0.1, 0.15) is 11.3 Å². The molecule has 0 amide bonds. The van der Waals surface area contributed by atoms with Crippen molar-refractivity contribution in [2.75, 3.05) is 6.61 Å². The molecular formula is C10H9ClF2N2O4. The van der Waals surface area contributed by atoms with Crippen LogP contribution in [0.25, 0.3) is 0 Å². The van der Waals surface area contributed by atoms with E-state index in [1.807, 2.05) is 0 Å². The summed E-state index contributed by atoms with van der Waals surface area (Å²) in [6.07, 6.45) is -2.86. The van der Waals surface area contributed by atoms with Crippen molar-refractivity contribution in [3.8, 4) is 0 Å². The van der Waals surface area contributed by atoms with Crippen molar-refractivity contribution >= 4 is 23.3 Å². The third kappa shape index (κ3) is 3.57. The normalized spacial score (nSPS) is 10.6. The number of alkyl halides is 2. The van der Waals surface area contributed by atoms with Gasteiger partial charge in [-0.3, -0.25) is 19.9 Å². The summed E-state index contributed by atoms with van der Waals surface area (Å²) < 4.78 is 30.2. The highest BCUT2D eigenvalue weighted by atomic mass is 35.5. The maximum Gasteiger partial charge on any atom is 0.312 e. The Morgan fingerprint density at radius 2 is 2.26 bits per heavy atom. The Hall–Kier alpha value is -1.83. The number of halogens is 3. The number of hydrogen-bond donors (Lipinski definition) is 0. The quantitative estimate of drug-likeness (QED) is 0.474. The molecule has 0 spiro atoms. The molecule has 0 bridgehead atoms. The molecule has 19 heavy (non-hydrogen) atoms. The van der Waals surface area contributed by atoms with Gasteiger partial charge in [0.05, 0.1) is 23.0 Å². The Labute approximate surface area is 111 Å². The van der Waals surface area contributed by atoms with E-state index in [1.165, 1.54) is 0 Å². The first-order valence-electron chi connectivity index (χ1n) is 5.13. The summed E-state index contributed by atoms with van der Waals surface area (Å²) in [5.41, 5.74) is -2.29. The minimum absolute atomic E-state index is 0.0714. The van der Waals surface area contributed by atoms with Gasteiger partial charge in [0.25, 0.3) is 6.43 Å². The van der Waals surface area contributed by atoms with Gasteiger partial charge in [-0.25, -0.2) is 8.78 Å². The predicted octanol–water partition coefficient (Wildman–Crippen LogP) is 2.69. The SMILES string of the molecule is CCOC(=O)Cc1ncc(Cl)c(C(F)F)c1[N+](=O)[O-]. The van der Waals surface area contributed by atoms with Crippen LogP contribution in [0.15, 0.2) is 6.20 Å². The first kappa shape index (κ1) is 15.2. The zero-order chi connectivity index (χ0) is 14.6. The van der Waals surface area contributed by atoms with Crippen LogP contribution >= 0.6 is 11.6 Å². The van der Waals surface area contributed by atoms with E-state index in [1.54, 1.807) is 6.92 Å². The molecule has 0 unspecified atom stereocenters. The van der Waals surface area contributed by atoms with Crippen LogP contribution < -0.4 is 0 Å². The zero-order valence-electron chi connectivity index (χ0n) is 9.73. The van der Waals surface area contributed by atoms with Gasteiger partial charge in [-0.2, -0.15) is 0 Å². The molecule has 1 aromatic rings. The topological polar surface area (TPSA) is 82.3 Å². The summed E-state index contributed by atoms with van der Waals surface area (Å²) in [5, 5.41) is 10.3. The van der Waals surface area contributed by atoms with Crippen molar-refractivity contribution < 1.29 is 23.2 Å². The number of hydrogen-bond acceptors (Lipinski definition) is 5. The average Bonchev–Trinajstić information content (AvgIpc) is 2.30. The van der Waals surface area contributed by atoms with Crippen molar-refractivity contribution in [1.82, 2.24) is 4.98 Å². The van der Waals surface area contributed by atoms with Crippen LogP contribution in [0.2, 0.25) is 5.02 Å². The van der Waals surface area contributed by atoms with Crippen molar-refractivity contribution in [1.29, 1.82) is 0 Å². The number of esters is 1. The minimum atomic E-state index is -3.14. The lowest BCUT2D eigenvalue weighted by Gasteiger charge is -2.08. The van der Waals surface area contributed by atoms with Gasteiger partial charge in [0, 0.05) is 6.20 Å². The van der Waals surface area contributed by atoms with Crippen LogP contribution in [-0.2, 0) is 16.0 Å². The lowest BCUT2D eigenvalue weighted by atomic mass is 10.1. The fourth-order valence-corrected chi connectivity index (χ4v) is 1.64. The summed E-state index contributed by atoms with van der Waals surface area (Å²) in [6.45, 7) is 1.62. The van der Waals surface area contributed by atoms with Gasteiger partial charge in [-0.05, 0) is 6.92 Å². The second kappa shape index (κ2) is 6.37. The van der Waals surface area contributed by atoms with E-state index in [2.05, 4.69) is 9.72 Å². The van der Waals surface area contributed by atoms with Crippen LogP contribution in [0.3, 0.4) is 0 Å². The van der Waals surface area contributed by atoms with E-state index < -0.39 is 45.7 Å². The Morgan fingerprint density at radius 3 is 2.74 bits per heavy atom. The number of nitro groups is 1. The molecule has 0 aromatic carbocycles. The minimum Gasteiger partial charge on any atom is -0.466 e. The van der Waals surface area contributed by atoms with Gasteiger partial charge >= 0.3 is 11.7 Å². The fraction of sp³-hybridized carbons (Fsp3) is 0.400. The largest absolute Gasteiger partial charge is 0.466 e. The third-order valence-electron chi connectivity index (χ3n) is 2.14. The van der Waals surface area contributed by atoms with Crippen molar-refractivity contribution in [3.63, 3.8) is 0 Å². The maximum atomic E-state index is 12.8. The number of ether oxygens (including phenoxy) is 1. The van der Waals surface area contributed by atoms with Gasteiger partial charge in [-0.15, -0.1) is 0 Å². The predicted molar refractivity (Wildman–Crippen MR) is 61.2 cm³/mol. The van der Waals surface area contributed by atoms with Crippen LogP contribution in [0.4, 0.5) is 14.5 Å². The summed E-state index contributed by atoms with van der Waals surface area (Å²) in [7, 11) is 0. The molecule has 0 saturated carbocycles. The van der Waals surface area contributed by atoms with E-state index in [0.29, 0.717) is 0 Å². The number of nitrogens with zero attached hydrogens (tertiary/aromatic N) is 2. The molecule has 0 radical (unpaired) electrons. The monoisotopic (exact) mass is 294 g/mol.